The van der Waals surface area contributed by atoms with Crippen molar-refractivity contribution in [1.82, 2.24) is 0 Å². The van der Waals surface area contributed by atoms with E-state index in [1.165, 1.54) is 11.1 Å². The van der Waals surface area contributed by atoms with Crippen molar-refractivity contribution in [2.45, 2.75) is 6.42 Å². The molecule has 0 unspecified atom stereocenters. The van der Waals surface area contributed by atoms with Gasteiger partial charge in [-0.2, -0.15) is 0 Å². The first-order valence-electron chi connectivity index (χ1n) is 6.00. The first-order valence-corrected chi connectivity index (χ1v) is 6.00. The number of hydrogen-bond donors (Lipinski definition) is 0. The molecule has 0 amide bonds. The van der Waals surface area contributed by atoms with Crippen molar-refractivity contribution in [3.8, 4) is 11.5 Å². The van der Waals surface area contributed by atoms with Crippen LogP contribution in [0.1, 0.15) is 22.3 Å². The summed E-state index contributed by atoms with van der Waals surface area (Å²) < 4.78 is 6.08. The molecule has 88 valence electrons. The second-order valence-electron chi connectivity index (χ2n) is 4.36. The smallest absolute Gasteiger partial charge is 0.138 e. The Hall–Kier alpha value is -2.28. The fourth-order valence-corrected chi connectivity index (χ4v) is 2.37. The van der Waals surface area contributed by atoms with Gasteiger partial charge in [-0.05, 0) is 11.1 Å². The van der Waals surface area contributed by atoms with Crippen LogP contribution in [-0.2, 0) is 6.42 Å². The maximum absolute atomic E-state index is 6.08. The summed E-state index contributed by atoms with van der Waals surface area (Å²) in [7, 11) is 0. The lowest BCUT2D eigenvalue weighted by Crippen LogP contribution is -2.05. The maximum Gasteiger partial charge on any atom is 0.138 e. The van der Waals surface area contributed by atoms with Gasteiger partial charge in [0.15, 0.2) is 0 Å². The molecule has 0 saturated carbocycles. The molecule has 0 atom stereocenters. The van der Waals surface area contributed by atoms with E-state index < -0.39 is 0 Å². The molecular formula is C17H14O. The van der Waals surface area contributed by atoms with E-state index in [2.05, 4.69) is 25.3 Å². The zero-order chi connectivity index (χ0) is 12.5. The summed E-state index contributed by atoms with van der Waals surface area (Å²) in [5.41, 5.74) is 4.50. The van der Waals surface area contributed by atoms with Gasteiger partial charge >= 0.3 is 0 Å². The zero-order valence-electron chi connectivity index (χ0n) is 10.1. The Balaban J connectivity index is 2.18. The van der Waals surface area contributed by atoms with E-state index in [0.29, 0.717) is 0 Å². The molecule has 3 rings (SSSR count). The van der Waals surface area contributed by atoms with Gasteiger partial charge in [-0.3, -0.25) is 0 Å². The lowest BCUT2D eigenvalue weighted by Gasteiger charge is -2.23. The highest BCUT2D eigenvalue weighted by Crippen LogP contribution is 2.41. The van der Waals surface area contributed by atoms with Crippen molar-refractivity contribution in [2.75, 3.05) is 0 Å². The topological polar surface area (TPSA) is 9.23 Å². The number of benzene rings is 2. The highest BCUT2D eigenvalue weighted by Gasteiger charge is 2.20. The molecule has 0 spiro atoms. The lowest BCUT2D eigenvalue weighted by atomic mass is 9.96. The molecule has 1 aliphatic rings. The summed E-state index contributed by atoms with van der Waals surface area (Å²) in [5.74, 6) is 1.85. The Morgan fingerprint density at radius 3 is 1.78 bits per heavy atom. The van der Waals surface area contributed by atoms with E-state index in [9.17, 15) is 0 Å². The second-order valence-corrected chi connectivity index (χ2v) is 4.36. The minimum Gasteiger partial charge on any atom is -0.456 e. The van der Waals surface area contributed by atoms with Crippen molar-refractivity contribution < 1.29 is 4.74 Å². The number of hydrogen-bond acceptors (Lipinski definition) is 1. The molecule has 0 saturated heterocycles. The standard InChI is InChI=1S/C17H14O/c1-3-12-7-5-9-14-11-15-10-6-8-13(4-2)17(15)18-16(12)14/h3-10H,1-2,11H2. The molecule has 0 bridgehead atoms. The van der Waals surface area contributed by atoms with Crippen molar-refractivity contribution in [1.29, 1.82) is 0 Å². The summed E-state index contributed by atoms with van der Waals surface area (Å²) in [6.45, 7) is 7.67. The highest BCUT2D eigenvalue weighted by atomic mass is 16.5. The van der Waals surface area contributed by atoms with E-state index >= 15 is 0 Å². The second kappa shape index (κ2) is 4.19. The van der Waals surface area contributed by atoms with Crippen LogP contribution in [0, 0.1) is 0 Å². The molecule has 1 nitrogen and oxygen atoms in total. The fraction of sp³-hybridized carbons (Fsp3) is 0.0588. The van der Waals surface area contributed by atoms with Gasteiger partial charge in [0.05, 0.1) is 0 Å². The third-order valence-corrected chi connectivity index (χ3v) is 3.28. The van der Waals surface area contributed by atoms with Gasteiger partial charge < -0.3 is 4.74 Å². The quantitative estimate of drug-likeness (QED) is 0.626. The summed E-state index contributed by atoms with van der Waals surface area (Å²) in [6.07, 6.45) is 4.56. The normalized spacial score (nSPS) is 12.0. The molecule has 18 heavy (non-hydrogen) atoms. The van der Waals surface area contributed by atoms with Crippen LogP contribution in [0.3, 0.4) is 0 Å². The molecule has 1 aliphatic heterocycles. The molecule has 0 radical (unpaired) electrons. The average molecular weight is 234 g/mol. The SMILES string of the molecule is C=Cc1cccc2c1Oc1c(C=C)cccc1C2. The van der Waals surface area contributed by atoms with E-state index in [4.69, 9.17) is 4.74 Å². The van der Waals surface area contributed by atoms with Gasteiger partial charge in [0.2, 0.25) is 0 Å². The molecule has 2 aromatic rings. The fourth-order valence-electron chi connectivity index (χ4n) is 2.37. The van der Waals surface area contributed by atoms with Gasteiger partial charge in [-0.1, -0.05) is 61.7 Å². The van der Waals surface area contributed by atoms with Gasteiger partial charge in [0.1, 0.15) is 11.5 Å². The first kappa shape index (κ1) is 10.8. The van der Waals surface area contributed by atoms with Crippen LogP contribution in [0.15, 0.2) is 49.6 Å². The zero-order valence-corrected chi connectivity index (χ0v) is 10.1. The molecule has 1 heterocycles. The number of rotatable bonds is 2. The predicted octanol–water partition coefficient (Wildman–Crippen LogP) is 4.67. The van der Waals surface area contributed by atoms with E-state index in [1.807, 2.05) is 36.4 Å². The van der Waals surface area contributed by atoms with Crippen LogP contribution in [0.25, 0.3) is 12.2 Å². The number of para-hydroxylation sites is 2. The summed E-state index contributed by atoms with van der Waals surface area (Å²) in [4.78, 5) is 0. The van der Waals surface area contributed by atoms with Gasteiger partial charge in [-0.15, -0.1) is 0 Å². The van der Waals surface area contributed by atoms with E-state index in [1.54, 1.807) is 0 Å². The molecular weight excluding hydrogens is 220 g/mol. The van der Waals surface area contributed by atoms with Crippen LogP contribution in [0.4, 0.5) is 0 Å². The van der Waals surface area contributed by atoms with E-state index in [-0.39, 0.29) is 0 Å². The number of fused-ring (bicyclic) bond motifs is 2. The maximum atomic E-state index is 6.08. The Labute approximate surface area is 107 Å². The molecule has 0 aromatic heterocycles. The van der Waals surface area contributed by atoms with Crippen LogP contribution < -0.4 is 4.74 Å². The van der Waals surface area contributed by atoms with Gasteiger partial charge in [0, 0.05) is 17.5 Å². The summed E-state index contributed by atoms with van der Waals surface area (Å²) in [6, 6.07) is 12.3. The number of ether oxygens (including phenoxy) is 1. The summed E-state index contributed by atoms with van der Waals surface area (Å²) >= 11 is 0. The summed E-state index contributed by atoms with van der Waals surface area (Å²) in [5, 5.41) is 0. The van der Waals surface area contributed by atoms with Crippen molar-refractivity contribution in [3.63, 3.8) is 0 Å². The molecule has 0 aliphatic carbocycles. The molecule has 0 fully saturated rings. The van der Waals surface area contributed by atoms with Crippen LogP contribution >= 0.6 is 0 Å². The average Bonchev–Trinajstić information content (AvgIpc) is 2.43. The largest absolute Gasteiger partial charge is 0.456 e. The van der Waals surface area contributed by atoms with Crippen LogP contribution in [0.5, 0.6) is 11.5 Å². The molecule has 2 aromatic carbocycles. The first-order chi connectivity index (χ1) is 8.83. The molecule has 1 heteroatoms. The third-order valence-electron chi connectivity index (χ3n) is 3.28. The Bertz CT molecular complexity index is 583. The van der Waals surface area contributed by atoms with Crippen LogP contribution in [0.2, 0.25) is 0 Å². The third kappa shape index (κ3) is 1.56. The van der Waals surface area contributed by atoms with Gasteiger partial charge in [-0.25, -0.2) is 0 Å². The van der Waals surface area contributed by atoms with Crippen molar-refractivity contribution >= 4 is 12.2 Å². The van der Waals surface area contributed by atoms with Crippen LogP contribution in [-0.4, -0.2) is 0 Å². The van der Waals surface area contributed by atoms with Crippen molar-refractivity contribution in [2.24, 2.45) is 0 Å². The predicted molar refractivity (Wildman–Crippen MR) is 75.9 cm³/mol. The Morgan fingerprint density at radius 2 is 1.33 bits per heavy atom. The minimum absolute atomic E-state index is 0.897. The lowest BCUT2D eigenvalue weighted by molar-refractivity contribution is 0.458. The highest BCUT2D eigenvalue weighted by molar-refractivity contribution is 5.67. The molecule has 0 N–H and O–H groups in total. The Morgan fingerprint density at radius 1 is 0.833 bits per heavy atom. The van der Waals surface area contributed by atoms with E-state index in [0.717, 1.165) is 29.0 Å². The van der Waals surface area contributed by atoms with Gasteiger partial charge in [0.25, 0.3) is 0 Å². The Kier molecular flexibility index (Phi) is 2.52. The van der Waals surface area contributed by atoms with Crippen molar-refractivity contribution in [3.05, 3.63) is 71.8 Å². The monoisotopic (exact) mass is 234 g/mol. The minimum atomic E-state index is 0.897.